The monoisotopic (exact) mass is 497 g/mol. The van der Waals surface area contributed by atoms with Crippen molar-refractivity contribution in [2.75, 3.05) is 6.54 Å². The minimum Gasteiger partial charge on any atom is -0.368 e. The zero-order valence-electron chi connectivity index (χ0n) is 16.4. The van der Waals surface area contributed by atoms with Crippen LogP contribution in [0, 0.1) is 0 Å². The molecule has 0 atom stereocenters. The fourth-order valence-electron chi connectivity index (χ4n) is 2.66. The van der Waals surface area contributed by atoms with Gasteiger partial charge in [-0.25, -0.2) is 0 Å². The molecule has 0 saturated heterocycles. The van der Waals surface area contributed by atoms with Crippen LogP contribution in [-0.4, -0.2) is 24.3 Å². The fourth-order valence-corrected chi connectivity index (χ4v) is 3.84. The molecule has 0 aliphatic heterocycles. The standard InChI is InChI=1S/C23H20BrN3O3S/c24-18-7-5-16(6-8-18)20-11-9-19(31-20)10-12-22(29)26-13-15-1-3-17(4-2-15)23(30)27-14-21(25)28/h1-12H,13-14H2,(H2,25,28)(H,26,29)(H,27,30)/b12-10+. The third-order valence-corrected chi connectivity index (χ3v) is 5.89. The minimum atomic E-state index is -0.604. The van der Waals surface area contributed by atoms with Crippen LogP contribution in [0.15, 0.2) is 71.2 Å². The molecule has 0 spiro atoms. The maximum Gasteiger partial charge on any atom is 0.251 e. The first kappa shape index (κ1) is 22.5. The van der Waals surface area contributed by atoms with Crippen LogP contribution < -0.4 is 16.4 Å². The van der Waals surface area contributed by atoms with Gasteiger partial charge in [0.1, 0.15) is 0 Å². The summed E-state index contributed by atoms with van der Waals surface area (Å²) in [6.45, 7) is 0.124. The predicted octanol–water partition coefficient (Wildman–Crippen LogP) is 3.72. The SMILES string of the molecule is NC(=O)CNC(=O)c1ccc(CNC(=O)/C=C/c2ccc(-c3ccc(Br)cc3)s2)cc1. The lowest BCUT2D eigenvalue weighted by molar-refractivity contribution is -0.117. The van der Waals surface area contributed by atoms with E-state index in [1.54, 1.807) is 41.7 Å². The molecular formula is C23H20BrN3O3S. The van der Waals surface area contributed by atoms with Crippen LogP contribution in [0.2, 0.25) is 0 Å². The normalized spacial score (nSPS) is 10.7. The summed E-state index contributed by atoms with van der Waals surface area (Å²) in [6, 6.07) is 18.8. The van der Waals surface area contributed by atoms with Gasteiger partial charge >= 0.3 is 0 Å². The van der Waals surface area contributed by atoms with E-state index in [0.717, 1.165) is 25.4 Å². The highest BCUT2D eigenvalue weighted by atomic mass is 79.9. The van der Waals surface area contributed by atoms with Gasteiger partial charge in [-0.15, -0.1) is 11.3 Å². The van der Waals surface area contributed by atoms with Crippen molar-refractivity contribution in [2.24, 2.45) is 5.73 Å². The molecule has 3 aromatic rings. The fraction of sp³-hybridized carbons (Fsp3) is 0.0870. The summed E-state index contributed by atoms with van der Waals surface area (Å²) in [6.07, 6.45) is 3.29. The van der Waals surface area contributed by atoms with Crippen LogP contribution in [0.5, 0.6) is 0 Å². The molecule has 0 unspecified atom stereocenters. The number of hydrogen-bond acceptors (Lipinski definition) is 4. The number of hydrogen-bond donors (Lipinski definition) is 3. The van der Waals surface area contributed by atoms with E-state index in [4.69, 9.17) is 5.73 Å². The largest absolute Gasteiger partial charge is 0.368 e. The molecule has 3 rings (SSSR count). The molecule has 1 aromatic heterocycles. The lowest BCUT2D eigenvalue weighted by Crippen LogP contribution is -2.33. The van der Waals surface area contributed by atoms with Crippen molar-refractivity contribution in [1.29, 1.82) is 0 Å². The van der Waals surface area contributed by atoms with E-state index in [0.29, 0.717) is 12.1 Å². The van der Waals surface area contributed by atoms with Crippen LogP contribution in [-0.2, 0) is 16.1 Å². The highest BCUT2D eigenvalue weighted by Gasteiger charge is 2.07. The summed E-state index contributed by atoms with van der Waals surface area (Å²) in [5, 5.41) is 5.24. The third-order valence-electron chi connectivity index (χ3n) is 4.26. The Kier molecular flexibility index (Phi) is 7.75. The van der Waals surface area contributed by atoms with Crippen molar-refractivity contribution < 1.29 is 14.4 Å². The molecule has 8 heteroatoms. The van der Waals surface area contributed by atoms with Gasteiger partial charge in [-0.05, 0) is 53.6 Å². The number of amides is 3. The molecule has 6 nitrogen and oxygen atoms in total. The predicted molar refractivity (Wildman–Crippen MR) is 126 cm³/mol. The van der Waals surface area contributed by atoms with Crippen molar-refractivity contribution in [2.45, 2.75) is 6.54 Å². The number of nitrogens with two attached hydrogens (primary N) is 1. The first-order chi connectivity index (χ1) is 14.9. The van der Waals surface area contributed by atoms with Gasteiger partial charge < -0.3 is 16.4 Å². The summed E-state index contributed by atoms with van der Waals surface area (Å²) in [5.41, 5.74) is 7.40. The van der Waals surface area contributed by atoms with Crippen LogP contribution >= 0.6 is 27.3 Å². The average molecular weight is 498 g/mol. The lowest BCUT2D eigenvalue weighted by atomic mass is 10.1. The lowest BCUT2D eigenvalue weighted by Gasteiger charge is -2.05. The van der Waals surface area contributed by atoms with Crippen molar-refractivity contribution in [3.8, 4) is 10.4 Å². The first-order valence-electron chi connectivity index (χ1n) is 9.38. The molecule has 0 aliphatic rings. The van der Waals surface area contributed by atoms with Crippen molar-refractivity contribution in [3.63, 3.8) is 0 Å². The van der Waals surface area contributed by atoms with Gasteiger partial charge in [0.05, 0.1) is 6.54 Å². The number of nitrogens with one attached hydrogen (secondary N) is 2. The Morgan fingerprint density at radius 1 is 0.935 bits per heavy atom. The van der Waals surface area contributed by atoms with Gasteiger partial charge in [0.25, 0.3) is 5.91 Å². The molecule has 2 aromatic carbocycles. The molecule has 0 bridgehead atoms. The number of halogens is 1. The molecule has 4 N–H and O–H groups in total. The number of thiophene rings is 1. The topological polar surface area (TPSA) is 101 Å². The van der Waals surface area contributed by atoms with E-state index >= 15 is 0 Å². The molecule has 158 valence electrons. The van der Waals surface area contributed by atoms with E-state index in [1.807, 2.05) is 36.4 Å². The molecule has 0 radical (unpaired) electrons. The van der Waals surface area contributed by atoms with E-state index in [9.17, 15) is 14.4 Å². The Balaban J connectivity index is 1.50. The second-order valence-electron chi connectivity index (χ2n) is 6.61. The Morgan fingerprint density at radius 2 is 1.65 bits per heavy atom. The van der Waals surface area contributed by atoms with Gasteiger partial charge in [0.15, 0.2) is 0 Å². The second-order valence-corrected chi connectivity index (χ2v) is 8.64. The van der Waals surface area contributed by atoms with Crippen LogP contribution in [0.3, 0.4) is 0 Å². The minimum absolute atomic E-state index is 0.207. The van der Waals surface area contributed by atoms with Gasteiger partial charge in [0.2, 0.25) is 11.8 Å². The summed E-state index contributed by atoms with van der Waals surface area (Å²) in [7, 11) is 0. The summed E-state index contributed by atoms with van der Waals surface area (Å²) in [5.74, 6) is -1.19. The zero-order chi connectivity index (χ0) is 22.2. The smallest absolute Gasteiger partial charge is 0.251 e. The van der Waals surface area contributed by atoms with Crippen LogP contribution in [0.25, 0.3) is 16.5 Å². The van der Waals surface area contributed by atoms with E-state index in [2.05, 4.69) is 26.6 Å². The highest BCUT2D eigenvalue weighted by molar-refractivity contribution is 9.10. The van der Waals surface area contributed by atoms with Crippen molar-refractivity contribution in [3.05, 3.63) is 87.2 Å². The first-order valence-corrected chi connectivity index (χ1v) is 11.0. The van der Waals surface area contributed by atoms with Gasteiger partial charge in [-0.3, -0.25) is 14.4 Å². The van der Waals surface area contributed by atoms with Crippen molar-refractivity contribution in [1.82, 2.24) is 10.6 Å². The van der Waals surface area contributed by atoms with E-state index in [-0.39, 0.29) is 18.4 Å². The Hall–Kier alpha value is -3.23. The van der Waals surface area contributed by atoms with Crippen LogP contribution in [0.4, 0.5) is 0 Å². The molecule has 1 heterocycles. The number of benzene rings is 2. The molecule has 31 heavy (non-hydrogen) atoms. The number of rotatable bonds is 8. The van der Waals surface area contributed by atoms with E-state index < -0.39 is 5.91 Å². The van der Waals surface area contributed by atoms with Gasteiger partial charge in [-0.1, -0.05) is 40.2 Å². The molecular weight excluding hydrogens is 478 g/mol. The Morgan fingerprint density at radius 3 is 2.32 bits per heavy atom. The molecule has 0 aliphatic carbocycles. The van der Waals surface area contributed by atoms with E-state index in [1.165, 1.54) is 6.08 Å². The zero-order valence-corrected chi connectivity index (χ0v) is 18.8. The quantitative estimate of drug-likeness (QED) is 0.413. The summed E-state index contributed by atoms with van der Waals surface area (Å²) in [4.78, 5) is 36.8. The third kappa shape index (κ3) is 6.91. The average Bonchev–Trinajstić information content (AvgIpc) is 3.24. The Labute approximate surface area is 192 Å². The van der Waals surface area contributed by atoms with Crippen molar-refractivity contribution >= 4 is 51.1 Å². The maximum absolute atomic E-state index is 12.1. The summed E-state index contributed by atoms with van der Waals surface area (Å²) >= 11 is 5.04. The maximum atomic E-state index is 12.1. The number of primary amides is 1. The molecule has 0 saturated carbocycles. The van der Waals surface area contributed by atoms with Gasteiger partial charge in [0, 0.05) is 32.4 Å². The molecule has 0 fully saturated rings. The summed E-state index contributed by atoms with van der Waals surface area (Å²) < 4.78 is 1.03. The molecule has 3 amide bonds. The number of carbonyl (C=O) groups excluding carboxylic acids is 3. The highest BCUT2D eigenvalue weighted by Crippen LogP contribution is 2.29. The Bertz CT molecular complexity index is 1110. The van der Waals surface area contributed by atoms with Crippen LogP contribution in [0.1, 0.15) is 20.8 Å². The number of carbonyl (C=O) groups is 3. The second kappa shape index (κ2) is 10.7. The van der Waals surface area contributed by atoms with Gasteiger partial charge in [-0.2, -0.15) is 0 Å².